The van der Waals surface area contributed by atoms with Crippen LogP contribution in [-0.4, -0.2) is 27.0 Å². The van der Waals surface area contributed by atoms with Gasteiger partial charge in [-0.3, -0.25) is 4.79 Å². The molecule has 0 aliphatic carbocycles. The monoisotopic (exact) mass is 425 g/mol. The minimum Gasteiger partial charge on any atom is -0.340 e. The number of hydrogen-bond acceptors (Lipinski definition) is 4. The Morgan fingerprint density at radius 1 is 1.00 bits per heavy atom. The highest BCUT2D eigenvalue weighted by atomic mass is 16.2. The molecule has 0 bridgehead atoms. The van der Waals surface area contributed by atoms with Crippen molar-refractivity contribution in [2.75, 3.05) is 11.9 Å². The van der Waals surface area contributed by atoms with Crippen molar-refractivity contribution in [2.24, 2.45) is 7.05 Å². The number of anilines is 1. The third-order valence-electron chi connectivity index (χ3n) is 5.29. The van der Waals surface area contributed by atoms with E-state index < -0.39 is 6.04 Å². The van der Waals surface area contributed by atoms with Crippen LogP contribution in [0.2, 0.25) is 0 Å². The smallest absolute Gasteiger partial charge is 0.247 e. The average Bonchev–Trinajstić information content (AvgIpc) is 3.25. The summed E-state index contributed by atoms with van der Waals surface area (Å²) in [5, 5.41) is 6.35. The second kappa shape index (κ2) is 10.0. The van der Waals surface area contributed by atoms with E-state index in [1.54, 1.807) is 18.6 Å². The summed E-state index contributed by atoms with van der Waals surface area (Å²) in [6.07, 6.45) is 6.24. The van der Waals surface area contributed by atoms with Crippen molar-refractivity contribution in [3.63, 3.8) is 0 Å². The second-order valence-electron chi connectivity index (χ2n) is 7.88. The summed E-state index contributed by atoms with van der Waals surface area (Å²) >= 11 is 0. The molecule has 4 rings (SSSR count). The summed E-state index contributed by atoms with van der Waals surface area (Å²) in [6, 6.07) is 21.5. The molecule has 6 nitrogen and oxygen atoms in total. The van der Waals surface area contributed by atoms with E-state index in [4.69, 9.17) is 0 Å². The first kappa shape index (κ1) is 21.5. The molecule has 0 saturated carbocycles. The van der Waals surface area contributed by atoms with Crippen molar-refractivity contribution in [2.45, 2.75) is 19.4 Å². The van der Waals surface area contributed by atoms with Crippen molar-refractivity contribution in [3.8, 4) is 11.3 Å². The molecule has 4 aromatic rings. The molecule has 0 aliphatic heterocycles. The van der Waals surface area contributed by atoms with E-state index in [-0.39, 0.29) is 5.91 Å². The first-order chi connectivity index (χ1) is 15.6. The SMILES string of the molecule is Cc1ccc(CCN[C@H](C(=O)Nc2ccc(-c3cn(C)cn3)cn2)c2ccccc2)cc1. The number of imidazole rings is 1. The highest BCUT2D eigenvalue weighted by Crippen LogP contribution is 2.19. The zero-order valence-corrected chi connectivity index (χ0v) is 18.3. The number of hydrogen-bond donors (Lipinski definition) is 2. The number of pyridine rings is 1. The van der Waals surface area contributed by atoms with E-state index >= 15 is 0 Å². The van der Waals surface area contributed by atoms with Gasteiger partial charge in [0.2, 0.25) is 5.91 Å². The fraction of sp³-hybridized carbons (Fsp3) is 0.192. The van der Waals surface area contributed by atoms with Gasteiger partial charge in [-0.25, -0.2) is 9.97 Å². The third kappa shape index (κ3) is 5.47. The van der Waals surface area contributed by atoms with Crippen LogP contribution in [0.15, 0.2) is 85.5 Å². The Labute approximate surface area is 188 Å². The lowest BCUT2D eigenvalue weighted by atomic mass is 10.1. The lowest BCUT2D eigenvalue weighted by molar-refractivity contribution is -0.118. The van der Waals surface area contributed by atoms with Crippen molar-refractivity contribution in [1.29, 1.82) is 0 Å². The van der Waals surface area contributed by atoms with Crippen LogP contribution >= 0.6 is 0 Å². The van der Waals surface area contributed by atoms with Gasteiger partial charge in [0.1, 0.15) is 11.9 Å². The Morgan fingerprint density at radius 2 is 1.78 bits per heavy atom. The Kier molecular flexibility index (Phi) is 6.72. The molecule has 0 radical (unpaired) electrons. The highest BCUT2D eigenvalue weighted by molar-refractivity contribution is 5.94. The van der Waals surface area contributed by atoms with Gasteiger partial charge in [-0.05, 0) is 36.6 Å². The van der Waals surface area contributed by atoms with Gasteiger partial charge >= 0.3 is 0 Å². The number of nitrogens with zero attached hydrogens (tertiary/aromatic N) is 3. The highest BCUT2D eigenvalue weighted by Gasteiger charge is 2.20. The van der Waals surface area contributed by atoms with Gasteiger partial charge < -0.3 is 15.2 Å². The van der Waals surface area contributed by atoms with Crippen molar-refractivity contribution in [1.82, 2.24) is 19.9 Å². The van der Waals surface area contributed by atoms with Crippen LogP contribution < -0.4 is 10.6 Å². The Hall–Kier alpha value is -3.77. The van der Waals surface area contributed by atoms with Crippen molar-refractivity contribution < 1.29 is 4.79 Å². The summed E-state index contributed by atoms with van der Waals surface area (Å²) in [4.78, 5) is 21.9. The van der Waals surface area contributed by atoms with Gasteiger partial charge in [0.05, 0.1) is 12.0 Å². The number of amides is 1. The van der Waals surface area contributed by atoms with E-state index in [2.05, 4.69) is 51.8 Å². The first-order valence-electron chi connectivity index (χ1n) is 10.7. The second-order valence-corrected chi connectivity index (χ2v) is 7.88. The molecule has 2 N–H and O–H groups in total. The summed E-state index contributed by atoms with van der Waals surface area (Å²) < 4.78 is 1.89. The molecule has 0 fully saturated rings. The van der Waals surface area contributed by atoms with Crippen LogP contribution in [0.1, 0.15) is 22.7 Å². The maximum absolute atomic E-state index is 13.1. The Balaban J connectivity index is 1.43. The van der Waals surface area contributed by atoms with Crippen LogP contribution in [0, 0.1) is 6.92 Å². The molecule has 2 heterocycles. The van der Waals surface area contributed by atoms with E-state index in [1.807, 2.05) is 54.2 Å². The van der Waals surface area contributed by atoms with Gasteiger partial charge in [-0.15, -0.1) is 0 Å². The third-order valence-corrected chi connectivity index (χ3v) is 5.29. The normalized spacial score (nSPS) is 11.8. The molecule has 6 heteroatoms. The Bertz CT molecular complexity index is 1150. The van der Waals surface area contributed by atoms with Crippen molar-refractivity contribution >= 4 is 11.7 Å². The lowest BCUT2D eigenvalue weighted by Crippen LogP contribution is -2.34. The summed E-state index contributed by atoms with van der Waals surface area (Å²) in [5.41, 5.74) is 5.14. The fourth-order valence-electron chi connectivity index (χ4n) is 3.50. The summed E-state index contributed by atoms with van der Waals surface area (Å²) in [7, 11) is 1.92. The van der Waals surface area contributed by atoms with Gasteiger partial charge in [0, 0.05) is 31.5 Å². The van der Waals surface area contributed by atoms with E-state index in [0.717, 1.165) is 23.2 Å². The molecule has 2 aromatic heterocycles. The molecule has 1 amide bonds. The van der Waals surface area contributed by atoms with Crippen LogP contribution in [0.25, 0.3) is 11.3 Å². The molecule has 0 spiro atoms. The molecule has 0 saturated heterocycles. The number of benzene rings is 2. The molecule has 0 unspecified atom stereocenters. The zero-order chi connectivity index (χ0) is 22.3. The standard InChI is InChI=1S/C26H27N5O/c1-19-8-10-20(11-9-19)14-15-27-25(21-6-4-3-5-7-21)26(32)30-24-13-12-22(16-28-24)23-17-31(2)18-29-23/h3-13,16-18,25,27H,14-15H2,1-2H3,(H,28,30,32)/t25-/m0/s1. The fourth-order valence-corrected chi connectivity index (χ4v) is 3.50. The average molecular weight is 426 g/mol. The van der Waals surface area contributed by atoms with E-state index in [1.165, 1.54) is 11.1 Å². The summed E-state index contributed by atoms with van der Waals surface area (Å²) in [6.45, 7) is 2.76. The van der Waals surface area contributed by atoms with Crippen LogP contribution in [-0.2, 0) is 18.3 Å². The number of aryl methyl sites for hydroxylation is 2. The van der Waals surface area contributed by atoms with Crippen LogP contribution in [0.4, 0.5) is 5.82 Å². The van der Waals surface area contributed by atoms with Gasteiger partial charge in [-0.1, -0.05) is 60.2 Å². The molecule has 32 heavy (non-hydrogen) atoms. The number of carbonyl (C=O) groups excluding carboxylic acids is 1. The molecule has 1 atom stereocenters. The maximum atomic E-state index is 13.1. The molecular formula is C26H27N5O. The first-order valence-corrected chi connectivity index (χ1v) is 10.7. The topological polar surface area (TPSA) is 71.8 Å². The largest absolute Gasteiger partial charge is 0.340 e. The van der Waals surface area contributed by atoms with Crippen molar-refractivity contribution in [3.05, 3.63) is 102 Å². The van der Waals surface area contributed by atoms with E-state index in [0.29, 0.717) is 12.4 Å². The lowest BCUT2D eigenvalue weighted by Gasteiger charge is -2.19. The number of carbonyl (C=O) groups is 1. The zero-order valence-electron chi connectivity index (χ0n) is 18.3. The molecule has 0 aliphatic rings. The summed E-state index contributed by atoms with van der Waals surface area (Å²) in [5.74, 6) is 0.370. The van der Waals surface area contributed by atoms with Gasteiger partial charge in [0.15, 0.2) is 0 Å². The van der Waals surface area contributed by atoms with Gasteiger partial charge in [-0.2, -0.15) is 0 Å². The minimum absolute atomic E-state index is 0.141. The molecular weight excluding hydrogens is 398 g/mol. The predicted octanol–water partition coefficient (Wildman–Crippen LogP) is 4.30. The van der Waals surface area contributed by atoms with E-state index in [9.17, 15) is 4.79 Å². The number of nitrogens with one attached hydrogen (secondary N) is 2. The quantitative estimate of drug-likeness (QED) is 0.441. The maximum Gasteiger partial charge on any atom is 0.247 e. The number of rotatable bonds is 8. The predicted molar refractivity (Wildman–Crippen MR) is 127 cm³/mol. The van der Waals surface area contributed by atoms with Gasteiger partial charge in [0.25, 0.3) is 0 Å². The molecule has 162 valence electrons. The van der Waals surface area contributed by atoms with Crippen LogP contribution in [0.5, 0.6) is 0 Å². The molecule has 2 aromatic carbocycles. The van der Waals surface area contributed by atoms with Crippen LogP contribution in [0.3, 0.4) is 0 Å². The Morgan fingerprint density at radius 3 is 2.44 bits per heavy atom. The number of aromatic nitrogens is 3. The minimum atomic E-state index is -0.473.